The van der Waals surface area contributed by atoms with Gasteiger partial charge < -0.3 is 14.4 Å². The Kier molecular flexibility index (Phi) is 4.77. The van der Waals surface area contributed by atoms with Crippen LogP contribution in [0.2, 0.25) is 0 Å². The maximum absolute atomic E-state index is 12.4. The summed E-state index contributed by atoms with van der Waals surface area (Å²) >= 11 is 0. The van der Waals surface area contributed by atoms with Crippen molar-refractivity contribution in [2.24, 2.45) is 0 Å². The number of amides is 1. The Morgan fingerprint density at radius 2 is 1.90 bits per heavy atom. The molecule has 0 aliphatic heterocycles. The number of carboxylic acid groups (broad SMARTS) is 1. The summed E-state index contributed by atoms with van der Waals surface area (Å²) in [7, 11) is 1.64. The van der Waals surface area contributed by atoms with Gasteiger partial charge in [0, 0.05) is 25.6 Å². The summed E-state index contributed by atoms with van der Waals surface area (Å²) in [6.07, 6.45) is 1.95. The van der Waals surface area contributed by atoms with Crippen LogP contribution >= 0.6 is 0 Å². The Labute approximate surface area is 122 Å². The lowest BCUT2D eigenvalue weighted by molar-refractivity contribution is -0.137. The third kappa shape index (κ3) is 3.72. The topological polar surface area (TPSA) is 70.8 Å². The van der Waals surface area contributed by atoms with Gasteiger partial charge in [0.15, 0.2) is 5.76 Å². The van der Waals surface area contributed by atoms with Crippen LogP contribution in [0.5, 0.6) is 0 Å². The van der Waals surface area contributed by atoms with Crippen LogP contribution in [0.1, 0.15) is 23.4 Å². The zero-order valence-electron chi connectivity index (χ0n) is 11.8. The summed E-state index contributed by atoms with van der Waals surface area (Å²) in [5, 5.41) is 8.62. The number of carbonyl (C=O) groups excluding carboxylic acids is 1. The number of rotatable bonds is 6. The molecular formula is C16H17NO4. The maximum atomic E-state index is 12.4. The Hall–Kier alpha value is -2.56. The number of carboxylic acids is 1. The lowest BCUT2D eigenvalue weighted by atomic mass is 10.1. The standard InChI is InChI=1S/C16H17NO4/c1-17(10-5-8-14(18)19)16(20)15-13(9-11-21-15)12-6-3-2-4-7-12/h2-4,6-7,9,11H,5,8,10H2,1H3,(H,18,19). The highest BCUT2D eigenvalue weighted by molar-refractivity contribution is 5.98. The molecule has 0 aliphatic carbocycles. The lowest BCUT2D eigenvalue weighted by Crippen LogP contribution is -2.28. The van der Waals surface area contributed by atoms with Crippen LogP contribution in [0.4, 0.5) is 0 Å². The molecule has 0 aliphatic rings. The van der Waals surface area contributed by atoms with Crippen LogP contribution < -0.4 is 0 Å². The number of hydrogen-bond acceptors (Lipinski definition) is 3. The molecule has 1 heterocycles. The number of hydrogen-bond donors (Lipinski definition) is 1. The normalized spacial score (nSPS) is 10.3. The second-order valence-electron chi connectivity index (χ2n) is 4.75. The molecule has 5 nitrogen and oxygen atoms in total. The van der Waals surface area contributed by atoms with E-state index in [9.17, 15) is 9.59 Å². The molecule has 1 aromatic heterocycles. The SMILES string of the molecule is CN(CCCC(=O)O)C(=O)c1occc1-c1ccccc1. The highest BCUT2D eigenvalue weighted by Crippen LogP contribution is 2.25. The van der Waals surface area contributed by atoms with Crippen molar-refractivity contribution >= 4 is 11.9 Å². The van der Waals surface area contributed by atoms with Gasteiger partial charge >= 0.3 is 5.97 Å². The smallest absolute Gasteiger partial charge is 0.303 e. The van der Waals surface area contributed by atoms with Crippen LogP contribution in [-0.4, -0.2) is 35.5 Å². The molecule has 1 N–H and O–H groups in total. The van der Waals surface area contributed by atoms with Crippen molar-refractivity contribution in [2.45, 2.75) is 12.8 Å². The highest BCUT2D eigenvalue weighted by atomic mass is 16.4. The quantitative estimate of drug-likeness (QED) is 0.886. The Morgan fingerprint density at radius 3 is 2.57 bits per heavy atom. The van der Waals surface area contributed by atoms with E-state index in [1.807, 2.05) is 30.3 Å². The molecule has 0 fully saturated rings. The summed E-state index contributed by atoms with van der Waals surface area (Å²) in [5.41, 5.74) is 1.65. The molecule has 2 aromatic rings. The van der Waals surface area contributed by atoms with E-state index in [1.165, 1.54) is 11.2 Å². The molecule has 0 saturated heterocycles. The van der Waals surface area contributed by atoms with Crippen molar-refractivity contribution in [3.63, 3.8) is 0 Å². The molecular weight excluding hydrogens is 270 g/mol. The van der Waals surface area contributed by atoms with Gasteiger partial charge in [0.25, 0.3) is 5.91 Å². The monoisotopic (exact) mass is 287 g/mol. The van der Waals surface area contributed by atoms with Gasteiger partial charge in [0.2, 0.25) is 0 Å². The molecule has 110 valence electrons. The van der Waals surface area contributed by atoms with E-state index in [2.05, 4.69) is 0 Å². The van der Waals surface area contributed by atoms with Gasteiger partial charge in [-0.05, 0) is 18.1 Å². The molecule has 21 heavy (non-hydrogen) atoms. The number of carbonyl (C=O) groups is 2. The predicted octanol–water partition coefficient (Wildman–Crippen LogP) is 2.88. The Morgan fingerprint density at radius 1 is 1.19 bits per heavy atom. The largest absolute Gasteiger partial charge is 0.481 e. The van der Waals surface area contributed by atoms with E-state index in [1.54, 1.807) is 13.1 Å². The number of nitrogens with zero attached hydrogens (tertiary/aromatic N) is 1. The minimum atomic E-state index is -0.862. The van der Waals surface area contributed by atoms with Gasteiger partial charge in [-0.3, -0.25) is 9.59 Å². The maximum Gasteiger partial charge on any atom is 0.303 e. The fourth-order valence-electron chi connectivity index (χ4n) is 2.06. The Bertz CT molecular complexity index is 618. The van der Waals surface area contributed by atoms with Gasteiger partial charge in [-0.25, -0.2) is 0 Å². The van der Waals surface area contributed by atoms with Gasteiger partial charge in [-0.15, -0.1) is 0 Å². The molecule has 5 heteroatoms. The number of benzene rings is 1. The minimum Gasteiger partial charge on any atom is -0.481 e. The van der Waals surface area contributed by atoms with Crippen LogP contribution in [-0.2, 0) is 4.79 Å². The van der Waals surface area contributed by atoms with Crippen molar-refractivity contribution in [1.29, 1.82) is 0 Å². The van der Waals surface area contributed by atoms with Crippen molar-refractivity contribution in [3.8, 4) is 11.1 Å². The van der Waals surface area contributed by atoms with E-state index >= 15 is 0 Å². The number of aliphatic carboxylic acids is 1. The van der Waals surface area contributed by atoms with Gasteiger partial charge in [-0.2, -0.15) is 0 Å². The first-order valence-electron chi connectivity index (χ1n) is 6.69. The summed E-state index contributed by atoms with van der Waals surface area (Å²) in [6.45, 7) is 0.375. The fraction of sp³-hybridized carbons (Fsp3) is 0.250. The van der Waals surface area contributed by atoms with E-state index in [4.69, 9.17) is 9.52 Å². The Balaban J connectivity index is 2.10. The molecule has 1 amide bonds. The summed E-state index contributed by atoms with van der Waals surface area (Å²) in [6, 6.07) is 11.3. The molecule has 0 unspecified atom stereocenters. The molecule has 2 rings (SSSR count). The minimum absolute atomic E-state index is 0.0430. The van der Waals surface area contributed by atoms with Crippen LogP contribution in [0.25, 0.3) is 11.1 Å². The first-order valence-corrected chi connectivity index (χ1v) is 6.69. The lowest BCUT2D eigenvalue weighted by Gasteiger charge is -2.16. The highest BCUT2D eigenvalue weighted by Gasteiger charge is 2.20. The first kappa shape index (κ1) is 14.8. The molecule has 0 saturated carbocycles. The molecule has 0 bridgehead atoms. The third-order valence-corrected chi connectivity index (χ3v) is 3.18. The average Bonchev–Trinajstić information content (AvgIpc) is 2.96. The summed E-state index contributed by atoms with van der Waals surface area (Å²) < 4.78 is 5.32. The zero-order valence-corrected chi connectivity index (χ0v) is 11.8. The van der Waals surface area contributed by atoms with E-state index in [0.717, 1.165) is 11.1 Å². The van der Waals surface area contributed by atoms with Crippen molar-refractivity contribution in [3.05, 3.63) is 48.4 Å². The van der Waals surface area contributed by atoms with Crippen LogP contribution in [0, 0.1) is 0 Å². The summed E-state index contributed by atoms with van der Waals surface area (Å²) in [5.74, 6) is -0.831. The van der Waals surface area contributed by atoms with E-state index in [0.29, 0.717) is 13.0 Å². The molecule has 0 atom stereocenters. The second kappa shape index (κ2) is 6.74. The van der Waals surface area contributed by atoms with Crippen molar-refractivity contribution < 1.29 is 19.1 Å². The van der Waals surface area contributed by atoms with Gasteiger partial charge in [0.05, 0.1) is 6.26 Å². The zero-order chi connectivity index (χ0) is 15.2. The van der Waals surface area contributed by atoms with Gasteiger partial charge in [0.1, 0.15) is 0 Å². The predicted molar refractivity (Wildman–Crippen MR) is 78.0 cm³/mol. The number of furan rings is 1. The van der Waals surface area contributed by atoms with Crippen molar-refractivity contribution in [2.75, 3.05) is 13.6 Å². The molecule has 1 aromatic carbocycles. The third-order valence-electron chi connectivity index (χ3n) is 3.18. The molecule has 0 radical (unpaired) electrons. The second-order valence-corrected chi connectivity index (χ2v) is 4.75. The average molecular weight is 287 g/mol. The van der Waals surface area contributed by atoms with E-state index < -0.39 is 5.97 Å². The van der Waals surface area contributed by atoms with Gasteiger partial charge in [-0.1, -0.05) is 30.3 Å². The van der Waals surface area contributed by atoms with Crippen molar-refractivity contribution in [1.82, 2.24) is 4.90 Å². The van der Waals surface area contributed by atoms with Crippen LogP contribution in [0.3, 0.4) is 0 Å². The fourth-order valence-corrected chi connectivity index (χ4v) is 2.06. The van der Waals surface area contributed by atoms with E-state index in [-0.39, 0.29) is 18.1 Å². The van der Waals surface area contributed by atoms with Crippen LogP contribution in [0.15, 0.2) is 47.1 Å². The molecule has 0 spiro atoms. The summed E-state index contributed by atoms with van der Waals surface area (Å²) in [4.78, 5) is 24.3. The first-order chi connectivity index (χ1) is 10.1.